The van der Waals surface area contributed by atoms with Gasteiger partial charge in [0.2, 0.25) is 5.91 Å². The van der Waals surface area contributed by atoms with E-state index < -0.39 is 38.8 Å². The standard InChI is InChI=1S/C13H21N3O5S/c1-12(2,3)14-9(17)8-16-10(18)13(15-11(16)19)4-6-22(20,21)7-5-13/h4-8H2,1-3H3,(H,14,17)(H,15,19). The Hall–Kier alpha value is -1.64. The lowest BCUT2D eigenvalue weighted by Crippen LogP contribution is -2.53. The Balaban J connectivity index is 2.08. The van der Waals surface area contributed by atoms with E-state index >= 15 is 0 Å². The van der Waals surface area contributed by atoms with E-state index in [1.54, 1.807) is 20.8 Å². The molecule has 0 saturated carbocycles. The van der Waals surface area contributed by atoms with E-state index in [2.05, 4.69) is 10.6 Å². The summed E-state index contributed by atoms with van der Waals surface area (Å²) in [5, 5.41) is 5.25. The van der Waals surface area contributed by atoms with Crippen LogP contribution >= 0.6 is 0 Å². The molecule has 2 rings (SSSR count). The highest BCUT2D eigenvalue weighted by Crippen LogP contribution is 2.30. The summed E-state index contributed by atoms with van der Waals surface area (Å²) in [4.78, 5) is 37.2. The number of imide groups is 1. The van der Waals surface area contributed by atoms with Crippen molar-refractivity contribution in [2.24, 2.45) is 0 Å². The van der Waals surface area contributed by atoms with Gasteiger partial charge in [-0.15, -0.1) is 0 Å². The SMILES string of the molecule is CC(C)(C)NC(=O)CN1C(=O)NC2(CCS(=O)(=O)CC2)C1=O. The number of nitrogens with one attached hydrogen (secondary N) is 2. The smallest absolute Gasteiger partial charge is 0.325 e. The van der Waals surface area contributed by atoms with Gasteiger partial charge in [0.05, 0.1) is 11.5 Å². The number of amides is 4. The topological polar surface area (TPSA) is 113 Å². The van der Waals surface area contributed by atoms with Crippen molar-refractivity contribution >= 4 is 27.7 Å². The normalized spacial score (nSPS) is 23.5. The maximum Gasteiger partial charge on any atom is 0.325 e. The van der Waals surface area contributed by atoms with Gasteiger partial charge in [-0.2, -0.15) is 0 Å². The largest absolute Gasteiger partial charge is 0.350 e. The number of carbonyl (C=O) groups excluding carboxylic acids is 3. The molecule has 124 valence electrons. The molecule has 22 heavy (non-hydrogen) atoms. The fourth-order valence-corrected chi connectivity index (χ4v) is 4.17. The molecule has 2 N–H and O–H groups in total. The van der Waals surface area contributed by atoms with Gasteiger partial charge in [0.25, 0.3) is 5.91 Å². The van der Waals surface area contributed by atoms with Crippen LogP contribution in [0.2, 0.25) is 0 Å². The molecule has 4 amide bonds. The zero-order chi connectivity index (χ0) is 16.8. The molecule has 0 aromatic rings. The molecule has 2 aliphatic heterocycles. The Morgan fingerprint density at radius 3 is 2.32 bits per heavy atom. The minimum absolute atomic E-state index is 0.0529. The third kappa shape index (κ3) is 3.40. The third-order valence-electron chi connectivity index (χ3n) is 3.74. The summed E-state index contributed by atoms with van der Waals surface area (Å²) in [7, 11) is -3.15. The van der Waals surface area contributed by atoms with Crippen LogP contribution in [0.3, 0.4) is 0 Å². The van der Waals surface area contributed by atoms with Gasteiger partial charge >= 0.3 is 6.03 Å². The number of nitrogens with zero attached hydrogens (tertiary/aromatic N) is 1. The zero-order valence-electron chi connectivity index (χ0n) is 12.9. The molecule has 0 aromatic carbocycles. The minimum Gasteiger partial charge on any atom is -0.350 e. The van der Waals surface area contributed by atoms with Crippen LogP contribution in [0.4, 0.5) is 4.79 Å². The summed E-state index contributed by atoms with van der Waals surface area (Å²) in [5.74, 6) is -1.23. The average molecular weight is 331 g/mol. The Bertz CT molecular complexity index is 606. The van der Waals surface area contributed by atoms with Gasteiger partial charge in [-0.25, -0.2) is 13.2 Å². The Labute approximate surface area is 129 Å². The van der Waals surface area contributed by atoms with Crippen molar-refractivity contribution in [1.29, 1.82) is 0 Å². The van der Waals surface area contributed by atoms with Crippen LogP contribution in [-0.4, -0.2) is 60.3 Å². The molecule has 8 nitrogen and oxygen atoms in total. The monoisotopic (exact) mass is 331 g/mol. The highest BCUT2D eigenvalue weighted by Gasteiger charge is 2.53. The molecular formula is C13H21N3O5S. The molecule has 2 fully saturated rings. The van der Waals surface area contributed by atoms with Crippen LogP contribution in [0, 0.1) is 0 Å². The molecule has 0 atom stereocenters. The Kier molecular flexibility index (Phi) is 3.97. The van der Waals surface area contributed by atoms with Crippen LogP contribution in [0.1, 0.15) is 33.6 Å². The lowest BCUT2D eigenvalue weighted by Gasteiger charge is -2.30. The first kappa shape index (κ1) is 16.7. The van der Waals surface area contributed by atoms with E-state index in [9.17, 15) is 22.8 Å². The summed E-state index contributed by atoms with van der Waals surface area (Å²) < 4.78 is 23.0. The quantitative estimate of drug-likeness (QED) is 0.656. The molecule has 0 aliphatic carbocycles. The lowest BCUT2D eigenvalue weighted by atomic mass is 9.92. The van der Waals surface area contributed by atoms with Crippen molar-refractivity contribution in [2.45, 2.75) is 44.7 Å². The van der Waals surface area contributed by atoms with Gasteiger partial charge in [-0.1, -0.05) is 0 Å². The van der Waals surface area contributed by atoms with Crippen molar-refractivity contribution in [2.75, 3.05) is 18.1 Å². The molecule has 2 heterocycles. The first-order valence-electron chi connectivity index (χ1n) is 7.10. The van der Waals surface area contributed by atoms with Crippen molar-refractivity contribution in [3.63, 3.8) is 0 Å². The first-order valence-corrected chi connectivity index (χ1v) is 8.92. The lowest BCUT2D eigenvalue weighted by molar-refractivity contribution is -0.135. The predicted octanol–water partition coefficient (Wildman–Crippen LogP) is -0.600. The Morgan fingerprint density at radius 2 is 1.82 bits per heavy atom. The fraction of sp³-hybridized carbons (Fsp3) is 0.769. The maximum absolute atomic E-state index is 12.5. The number of rotatable bonds is 2. The number of hydrogen-bond acceptors (Lipinski definition) is 5. The third-order valence-corrected chi connectivity index (χ3v) is 5.39. The van der Waals surface area contributed by atoms with Gasteiger partial charge in [0.15, 0.2) is 9.84 Å². The summed E-state index contributed by atoms with van der Waals surface area (Å²) in [6, 6.07) is -0.645. The van der Waals surface area contributed by atoms with Crippen molar-refractivity contribution in [3.8, 4) is 0 Å². The molecule has 2 aliphatic rings. The second kappa shape index (κ2) is 5.22. The molecule has 0 aromatic heterocycles. The second-order valence-electron chi connectivity index (χ2n) is 6.85. The number of urea groups is 1. The van der Waals surface area contributed by atoms with Gasteiger partial charge in [-0.3, -0.25) is 14.5 Å². The molecule has 1 spiro atoms. The van der Waals surface area contributed by atoms with Crippen LogP contribution in [0.25, 0.3) is 0 Å². The highest BCUT2D eigenvalue weighted by atomic mass is 32.2. The van der Waals surface area contributed by atoms with Gasteiger partial charge in [-0.05, 0) is 33.6 Å². The number of hydrogen-bond donors (Lipinski definition) is 2. The van der Waals surface area contributed by atoms with E-state index in [1.807, 2.05) is 0 Å². The fourth-order valence-electron chi connectivity index (χ4n) is 2.65. The zero-order valence-corrected chi connectivity index (χ0v) is 13.7. The summed E-state index contributed by atoms with van der Waals surface area (Å²) >= 11 is 0. The average Bonchev–Trinajstić information content (AvgIpc) is 2.56. The predicted molar refractivity (Wildman–Crippen MR) is 78.8 cm³/mol. The van der Waals surface area contributed by atoms with Gasteiger partial charge < -0.3 is 10.6 Å². The molecule has 0 bridgehead atoms. The minimum atomic E-state index is -3.15. The maximum atomic E-state index is 12.5. The van der Waals surface area contributed by atoms with E-state index in [4.69, 9.17) is 0 Å². The number of sulfone groups is 1. The first-order chi connectivity index (χ1) is 9.94. The highest BCUT2D eigenvalue weighted by molar-refractivity contribution is 7.91. The molecule has 0 unspecified atom stereocenters. The van der Waals surface area contributed by atoms with E-state index in [0.717, 1.165) is 4.90 Å². The van der Waals surface area contributed by atoms with Gasteiger partial charge in [0, 0.05) is 5.54 Å². The molecule has 9 heteroatoms. The van der Waals surface area contributed by atoms with Crippen molar-refractivity contribution in [3.05, 3.63) is 0 Å². The van der Waals surface area contributed by atoms with Crippen LogP contribution in [0.5, 0.6) is 0 Å². The van der Waals surface area contributed by atoms with Crippen molar-refractivity contribution < 1.29 is 22.8 Å². The molecule has 0 radical (unpaired) electrons. The summed E-state index contributed by atoms with van der Waals surface area (Å²) in [6.45, 7) is 5.02. The van der Waals surface area contributed by atoms with E-state index in [-0.39, 0.29) is 30.9 Å². The van der Waals surface area contributed by atoms with Crippen LogP contribution in [0.15, 0.2) is 0 Å². The number of carbonyl (C=O) groups is 3. The van der Waals surface area contributed by atoms with Crippen LogP contribution in [-0.2, 0) is 19.4 Å². The van der Waals surface area contributed by atoms with E-state index in [0.29, 0.717) is 0 Å². The van der Waals surface area contributed by atoms with Gasteiger partial charge in [0.1, 0.15) is 12.1 Å². The second-order valence-corrected chi connectivity index (χ2v) is 9.16. The van der Waals surface area contributed by atoms with E-state index in [1.165, 1.54) is 0 Å². The Morgan fingerprint density at radius 1 is 1.27 bits per heavy atom. The summed E-state index contributed by atoms with van der Waals surface area (Å²) in [6.07, 6.45) is 0.106. The van der Waals surface area contributed by atoms with Crippen molar-refractivity contribution in [1.82, 2.24) is 15.5 Å². The van der Waals surface area contributed by atoms with Crippen LogP contribution < -0.4 is 10.6 Å². The summed E-state index contributed by atoms with van der Waals surface area (Å²) in [5.41, 5.74) is -1.64. The molecule has 2 saturated heterocycles. The molecular weight excluding hydrogens is 310 g/mol.